The lowest BCUT2D eigenvalue weighted by Gasteiger charge is -2.37. The highest BCUT2D eigenvalue weighted by molar-refractivity contribution is 6.53. The second-order valence-corrected chi connectivity index (χ2v) is 7.82. The maximum Gasteiger partial charge on any atom is 0.231 e. The number of rotatable bonds is 2. The van der Waals surface area contributed by atoms with Crippen molar-refractivity contribution in [3.63, 3.8) is 0 Å². The predicted octanol–water partition coefficient (Wildman–Crippen LogP) is 3.23. The van der Waals surface area contributed by atoms with Crippen molar-refractivity contribution < 1.29 is 4.79 Å². The number of aryl methyl sites for hydroxylation is 1. The fraction of sp³-hybridized carbons (Fsp3) is 0.562. The molecule has 3 nitrogen and oxygen atoms in total. The molecule has 0 radical (unpaired) electrons. The van der Waals surface area contributed by atoms with Gasteiger partial charge in [-0.3, -0.25) is 4.79 Å². The first-order chi connectivity index (χ1) is 9.83. The van der Waals surface area contributed by atoms with Crippen LogP contribution in [0.2, 0.25) is 0 Å². The van der Waals surface area contributed by atoms with Crippen molar-refractivity contribution >= 4 is 34.8 Å². The van der Waals surface area contributed by atoms with E-state index in [1.54, 1.807) is 0 Å². The maximum absolute atomic E-state index is 12.5. The molecule has 0 aromatic heterocycles. The van der Waals surface area contributed by atoms with Gasteiger partial charge in [-0.1, -0.05) is 12.1 Å². The Kier molecular flexibility index (Phi) is 3.61. The number of carbonyl (C=O) groups excluding carboxylic acids is 1. The van der Waals surface area contributed by atoms with Crippen LogP contribution in [0.5, 0.6) is 0 Å². The zero-order valence-corrected chi connectivity index (χ0v) is 13.9. The van der Waals surface area contributed by atoms with E-state index in [0.717, 1.165) is 26.2 Å². The summed E-state index contributed by atoms with van der Waals surface area (Å²) in [6, 6.07) is 8.47. The molecule has 1 unspecified atom stereocenters. The van der Waals surface area contributed by atoms with Gasteiger partial charge in [0.15, 0.2) is 0 Å². The van der Waals surface area contributed by atoms with Crippen LogP contribution in [0.4, 0.5) is 5.69 Å². The van der Waals surface area contributed by atoms with Gasteiger partial charge in [0.25, 0.3) is 0 Å². The van der Waals surface area contributed by atoms with Gasteiger partial charge in [-0.15, -0.1) is 23.2 Å². The van der Waals surface area contributed by atoms with Gasteiger partial charge in [0.2, 0.25) is 5.91 Å². The van der Waals surface area contributed by atoms with Crippen LogP contribution in [0.1, 0.15) is 18.9 Å². The summed E-state index contributed by atoms with van der Waals surface area (Å²) in [5, 5.41) is 0. The van der Waals surface area contributed by atoms with Crippen LogP contribution in [-0.2, 0) is 4.79 Å². The zero-order valence-electron chi connectivity index (χ0n) is 12.4. The lowest BCUT2D eigenvalue weighted by molar-refractivity contribution is -0.136. The molecule has 1 amide bonds. The van der Waals surface area contributed by atoms with E-state index >= 15 is 0 Å². The van der Waals surface area contributed by atoms with Crippen LogP contribution in [0.15, 0.2) is 24.3 Å². The molecule has 0 spiro atoms. The molecule has 21 heavy (non-hydrogen) atoms. The molecule has 114 valence electrons. The third-order valence-corrected chi connectivity index (χ3v) is 5.77. The van der Waals surface area contributed by atoms with Crippen molar-refractivity contribution in [3.8, 4) is 0 Å². The number of benzene rings is 1. The van der Waals surface area contributed by atoms with E-state index in [9.17, 15) is 4.79 Å². The summed E-state index contributed by atoms with van der Waals surface area (Å²) in [7, 11) is 0. The molecule has 2 aliphatic rings. The molecule has 1 aliphatic heterocycles. The first kappa shape index (κ1) is 15.0. The molecule has 1 saturated heterocycles. The minimum atomic E-state index is -0.877. The zero-order chi connectivity index (χ0) is 15.3. The van der Waals surface area contributed by atoms with Gasteiger partial charge in [-0.05, 0) is 38.0 Å². The minimum absolute atomic E-state index is 0.0939. The van der Waals surface area contributed by atoms with E-state index < -0.39 is 9.75 Å². The van der Waals surface area contributed by atoms with Crippen LogP contribution in [0.25, 0.3) is 0 Å². The second-order valence-electron chi connectivity index (χ2n) is 6.33. The first-order valence-corrected chi connectivity index (χ1v) is 8.08. The van der Waals surface area contributed by atoms with Gasteiger partial charge in [0.1, 0.15) is 4.33 Å². The minimum Gasteiger partial charge on any atom is -0.368 e. The number of hydrogen-bond acceptors (Lipinski definition) is 2. The molecule has 1 saturated carbocycles. The fourth-order valence-corrected chi connectivity index (χ4v) is 3.67. The quantitative estimate of drug-likeness (QED) is 0.779. The van der Waals surface area contributed by atoms with E-state index in [0.29, 0.717) is 6.42 Å². The third-order valence-electron chi connectivity index (χ3n) is 4.66. The summed E-state index contributed by atoms with van der Waals surface area (Å²) in [4.78, 5) is 16.8. The Morgan fingerprint density at radius 2 is 1.81 bits per heavy atom. The topological polar surface area (TPSA) is 23.6 Å². The van der Waals surface area contributed by atoms with Gasteiger partial charge < -0.3 is 9.80 Å². The Labute approximate surface area is 135 Å². The average molecular weight is 327 g/mol. The van der Waals surface area contributed by atoms with Crippen LogP contribution >= 0.6 is 23.2 Å². The molecule has 1 atom stereocenters. The number of piperazine rings is 1. The molecular formula is C16H20Cl2N2O. The monoisotopic (exact) mass is 326 g/mol. The number of carbonyl (C=O) groups is 1. The molecule has 2 fully saturated rings. The highest BCUT2D eigenvalue weighted by atomic mass is 35.5. The molecule has 3 rings (SSSR count). The molecule has 1 heterocycles. The smallest absolute Gasteiger partial charge is 0.231 e. The van der Waals surface area contributed by atoms with Crippen LogP contribution in [0, 0.1) is 12.3 Å². The van der Waals surface area contributed by atoms with Crippen LogP contribution in [0.3, 0.4) is 0 Å². The van der Waals surface area contributed by atoms with E-state index in [-0.39, 0.29) is 5.91 Å². The SMILES string of the molecule is Cc1cccc(N2CCN(C(=O)C3(C)CC3(Cl)Cl)CC2)c1. The highest BCUT2D eigenvalue weighted by Crippen LogP contribution is 2.64. The molecule has 0 N–H and O–H groups in total. The second kappa shape index (κ2) is 5.06. The van der Waals surface area contributed by atoms with Gasteiger partial charge in [-0.25, -0.2) is 0 Å². The van der Waals surface area contributed by atoms with Crippen molar-refractivity contribution in [1.82, 2.24) is 4.90 Å². The normalized spacial score (nSPS) is 27.6. The fourth-order valence-electron chi connectivity index (χ4n) is 2.97. The maximum atomic E-state index is 12.5. The van der Waals surface area contributed by atoms with Crippen LogP contribution in [-0.4, -0.2) is 41.3 Å². The largest absolute Gasteiger partial charge is 0.368 e. The molecule has 0 bridgehead atoms. The van der Waals surface area contributed by atoms with Gasteiger partial charge in [-0.2, -0.15) is 0 Å². The Morgan fingerprint density at radius 1 is 1.19 bits per heavy atom. The standard InChI is InChI=1S/C16H20Cl2N2O/c1-12-4-3-5-13(10-12)19-6-8-20(9-7-19)14(21)15(2)11-16(15,17)18/h3-5,10H,6-9,11H2,1-2H3. The number of hydrogen-bond donors (Lipinski definition) is 0. The Morgan fingerprint density at radius 3 is 2.33 bits per heavy atom. The molecule has 5 heteroatoms. The summed E-state index contributed by atoms with van der Waals surface area (Å²) >= 11 is 12.2. The van der Waals surface area contributed by atoms with E-state index in [1.165, 1.54) is 11.3 Å². The number of halogens is 2. The number of amides is 1. The van der Waals surface area contributed by atoms with Crippen molar-refractivity contribution in [2.45, 2.75) is 24.6 Å². The molecular weight excluding hydrogens is 307 g/mol. The third kappa shape index (κ3) is 2.62. The summed E-state index contributed by atoms with van der Waals surface area (Å²) in [5.41, 5.74) is 1.89. The van der Waals surface area contributed by atoms with E-state index in [2.05, 4.69) is 36.1 Å². The summed E-state index contributed by atoms with van der Waals surface area (Å²) in [6.07, 6.45) is 0.556. The highest BCUT2D eigenvalue weighted by Gasteiger charge is 2.68. The summed E-state index contributed by atoms with van der Waals surface area (Å²) < 4.78 is -0.877. The molecule has 1 aliphatic carbocycles. The van der Waals surface area contributed by atoms with Crippen molar-refractivity contribution in [3.05, 3.63) is 29.8 Å². The molecule has 1 aromatic rings. The van der Waals surface area contributed by atoms with E-state index in [4.69, 9.17) is 23.2 Å². The Bertz CT molecular complexity index is 567. The van der Waals surface area contributed by atoms with Gasteiger partial charge in [0.05, 0.1) is 5.41 Å². The number of anilines is 1. The van der Waals surface area contributed by atoms with Crippen molar-refractivity contribution in [2.75, 3.05) is 31.1 Å². The van der Waals surface area contributed by atoms with Crippen LogP contribution < -0.4 is 4.90 Å². The molecule has 1 aromatic carbocycles. The average Bonchev–Trinajstić information content (AvgIpc) is 2.98. The number of alkyl halides is 2. The Balaban J connectivity index is 1.62. The predicted molar refractivity (Wildman–Crippen MR) is 87.1 cm³/mol. The van der Waals surface area contributed by atoms with Gasteiger partial charge >= 0.3 is 0 Å². The lowest BCUT2D eigenvalue weighted by Crippen LogP contribution is -2.51. The number of nitrogens with zero attached hydrogens (tertiary/aromatic N) is 2. The Hall–Kier alpha value is -0.930. The summed E-state index contributed by atoms with van der Waals surface area (Å²) in [6.45, 7) is 7.12. The lowest BCUT2D eigenvalue weighted by atomic mass is 10.1. The van der Waals surface area contributed by atoms with Crippen molar-refractivity contribution in [1.29, 1.82) is 0 Å². The van der Waals surface area contributed by atoms with Gasteiger partial charge in [0, 0.05) is 31.9 Å². The van der Waals surface area contributed by atoms with E-state index in [1.807, 2.05) is 11.8 Å². The van der Waals surface area contributed by atoms with Crippen molar-refractivity contribution in [2.24, 2.45) is 5.41 Å². The summed E-state index contributed by atoms with van der Waals surface area (Å²) in [5.74, 6) is 0.0939. The first-order valence-electron chi connectivity index (χ1n) is 7.32.